The third kappa shape index (κ3) is 7.39. The molecule has 0 bridgehead atoms. The molecular weight excluding hydrogens is 300 g/mol. The van der Waals surface area contributed by atoms with E-state index in [0.29, 0.717) is 17.9 Å². The van der Waals surface area contributed by atoms with Gasteiger partial charge in [0.25, 0.3) is 0 Å². The first-order chi connectivity index (χ1) is 11.5. The summed E-state index contributed by atoms with van der Waals surface area (Å²) >= 11 is 0. The summed E-state index contributed by atoms with van der Waals surface area (Å²) in [6.45, 7) is 14.2. The summed E-state index contributed by atoms with van der Waals surface area (Å²) in [7, 11) is 2.15. The maximum Gasteiger partial charge on any atom is 0.193 e. The molecule has 0 amide bonds. The highest BCUT2D eigenvalue weighted by Crippen LogP contribution is 2.18. The molecule has 2 unspecified atom stereocenters. The number of hydrogen-bond acceptors (Lipinski definition) is 3. The molecule has 0 radical (unpaired) electrons. The first kappa shape index (κ1) is 21.2. The monoisotopic (exact) mass is 340 g/mol. The van der Waals surface area contributed by atoms with Gasteiger partial charge in [-0.25, -0.2) is 0 Å². The number of hydrogen-bond donors (Lipinski definition) is 2. The van der Waals surface area contributed by atoms with Crippen molar-refractivity contribution in [2.24, 2.45) is 16.8 Å². The average molecular weight is 341 g/mol. The van der Waals surface area contributed by atoms with Crippen LogP contribution in [-0.4, -0.2) is 73.3 Å². The van der Waals surface area contributed by atoms with Crippen LogP contribution < -0.4 is 5.32 Å². The smallest absolute Gasteiger partial charge is 0.193 e. The fourth-order valence-corrected chi connectivity index (χ4v) is 3.74. The van der Waals surface area contributed by atoms with Crippen LogP contribution in [0.3, 0.4) is 0 Å². The highest BCUT2D eigenvalue weighted by Gasteiger charge is 2.25. The highest BCUT2D eigenvalue weighted by molar-refractivity contribution is 5.79. The van der Waals surface area contributed by atoms with Crippen LogP contribution in [0.1, 0.15) is 53.4 Å². The van der Waals surface area contributed by atoms with E-state index in [0.717, 1.165) is 45.0 Å². The summed E-state index contributed by atoms with van der Waals surface area (Å²) in [4.78, 5) is 9.74. The third-order valence-corrected chi connectivity index (χ3v) is 4.93. The molecule has 0 saturated carbocycles. The topological polar surface area (TPSA) is 51.1 Å². The molecule has 1 aliphatic rings. The summed E-state index contributed by atoms with van der Waals surface area (Å²) in [6.07, 6.45) is 4.57. The molecule has 142 valence electrons. The van der Waals surface area contributed by atoms with Crippen LogP contribution in [0.5, 0.6) is 0 Å². The molecule has 1 rings (SSSR count). The number of aliphatic hydroxyl groups excluding tert-OH is 1. The Hall–Kier alpha value is -0.810. The normalized spacial score (nSPS) is 20.6. The fraction of sp³-hybridized carbons (Fsp3) is 0.947. The van der Waals surface area contributed by atoms with Crippen molar-refractivity contribution in [3.8, 4) is 0 Å². The second kappa shape index (κ2) is 11.7. The van der Waals surface area contributed by atoms with Crippen LogP contribution in [0.25, 0.3) is 0 Å². The van der Waals surface area contributed by atoms with Gasteiger partial charge >= 0.3 is 0 Å². The highest BCUT2D eigenvalue weighted by atomic mass is 16.3. The van der Waals surface area contributed by atoms with E-state index < -0.39 is 0 Å². The van der Waals surface area contributed by atoms with Gasteiger partial charge in [0.2, 0.25) is 0 Å². The lowest BCUT2D eigenvalue weighted by atomic mass is 9.94. The van der Waals surface area contributed by atoms with Gasteiger partial charge in [-0.05, 0) is 57.5 Å². The van der Waals surface area contributed by atoms with Gasteiger partial charge in [-0.15, -0.1) is 0 Å². The number of likely N-dealkylation sites (tertiary alicyclic amines) is 1. The zero-order valence-electron chi connectivity index (χ0n) is 16.6. The van der Waals surface area contributed by atoms with E-state index >= 15 is 0 Å². The van der Waals surface area contributed by atoms with Gasteiger partial charge in [0, 0.05) is 39.3 Å². The number of nitrogens with one attached hydrogen (secondary N) is 1. The second-order valence-electron chi connectivity index (χ2n) is 7.51. The minimum Gasteiger partial charge on any atom is -0.396 e. The predicted octanol–water partition coefficient (Wildman–Crippen LogP) is 2.41. The fourth-order valence-electron chi connectivity index (χ4n) is 3.74. The van der Waals surface area contributed by atoms with E-state index in [9.17, 15) is 5.11 Å². The van der Waals surface area contributed by atoms with E-state index in [4.69, 9.17) is 4.99 Å². The largest absolute Gasteiger partial charge is 0.396 e. The van der Waals surface area contributed by atoms with Crippen molar-refractivity contribution in [1.82, 2.24) is 15.1 Å². The molecular formula is C19H40N4O. The molecule has 1 heterocycles. The van der Waals surface area contributed by atoms with Gasteiger partial charge in [-0.1, -0.05) is 20.8 Å². The minimum absolute atomic E-state index is 0.257. The van der Waals surface area contributed by atoms with Crippen molar-refractivity contribution in [3.05, 3.63) is 0 Å². The van der Waals surface area contributed by atoms with Crippen molar-refractivity contribution >= 4 is 5.96 Å². The predicted molar refractivity (Wildman–Crippen MR) is 104 cm³/mol. The number of guanidine groups is 1. The van der Waals surface area contributed by atoms with Crippen LogP contribution in [0.2, 0.25) is 0 Å². The minimum atomic E-state index is 0.257. The summed E-state index contributed by atoms with van der Waals surface area (Å²) in [5.41, 5.74) is 0. The lowest BCUT2D eigenvalue weighted by molar-refractivity contribution is 0.231. The SMILES string of the molecule is CCNC(=NCC(CCO)CC(C)C)N(C)CC1CCCN1CC. The van der Waals surface area contributed by atoms with Crippen molar-refractivity contribution in [2.75, 3.05) is 46.4 Å². The molecule has 0 spiro atoms. The Balaban J connectivity index is 2.64. The van der Waals surface area contributed by atoms with Crippen molar-refractivity contribution in [3.63, 3.8) is 0 Å². The standard InChI is InChI=1S/C19H40N4O/c1-6-20-19(21-14-17(10-12-24)13-16(3)4)22(5)15-18-9-8-11-23(18)7-2/h16-18,24H,6-15H2,1-5H3,(H,20,21). The van der Waals surface area contributed by atoms with E-state index in [1.165, 1.54) is 19.4 Å². The first-order valence-electron chi connectivity index (χ1n) is 9.86. The second-order valence-corrected chi connectivity index (χ2v) is 7.51. The van der Waals surface area contributed by atoms with E-state index in [1.54, 1.807) is 0 Å². The third-order valence-electron chi connectivity index (χ3n) is 4.93. The number of rotatable bonds is 10. The van der Waals surface area contributed by atoms with Crippen LogP contribution in [-0.2, 0) is 0 Å². The summed E-state index contributed by atoms with van der Waals surface area (Å²) < 4.78 is 0. The molecule has 0 aliphatic carbocycles. The summed E-state index contributed by atoms with van der Waals surface area (Å²) in [5.74, 6) is 2.12. The van der Waals surface area contributed by atoms with Gasteiger partial charge < -0.3 is 15.3 Å². The molecule has 2 atom stereocenters. The lowest BCUT2D eigenvalue weighted by Crippen LogP contribution is -2.46. The Morgan fingerprint density at radius 1 is 1.38 bits per heavy atom. The maximum absolute atomic E-state index is 9.29. The maximum atomic E-state index is 9.29. The van der Waals surface area contributed by atoms with Crippen LogP contribution in [0.15, 0.2) is 4.99 Å². The molecule has 0 aromatic carbocycles. The lowest BCUT2D eigenvalue weighted by Gasteiger charge is -2.30. The number of aliphatic imine (C=N–C) groups is 1. The van der Waals surface area contributed by atoms with Crippen LogP contribution in [0, 0.1) is 11.8 Å². The Kier molecular flexibility index (Phi) is 10.3. The molecule has 1 saturated heterocycles. The van der Waals surface area contributed by atoms with E-state index in [1.807, 2.05) is 0 Å². The molecule has 5 nitrogen and oxygen atoms in total. The van der Waals surface area contributed by atoms with Crippen molar-refractivity contribution in [1.29, 1.82) is 0 Å². The molecule has 24 heavy (non-hydrogen) atoms. The molecule has 5 heteroatoms. The van der Waals surface area contributed by atoms with Crippen molar-refractivity contribution < 1.29 is 5.11 Å². The molecule has 0 aromatic rings. The van der Waals surface area contributed by atoms with E-state index in [-0.39, 0.29) is 6.61 Å². The Bertz CT molecular complexity index is 359. The Morgan fingerprint density at radius 3 is 2.71 bits per heavy atom. The quantitative estimate of drug-likeness (QED) is 0.474. The first-order valence-corrected chi connectivity index (χ1v) is 9.86. The Morgan fingerprint density at radius 2 is 2.12 bits per heavy atom. The number of nitrogens with zero attached hydrogens (tertiary/aromatic N) is 3. The van der Waals surface area contributed by atoms with Gasteiger partial charge in [0.1, 0.15) is 0 Å². The molecule has 0 aromatic heterocycles. The van der Waals surface area contributed by atoms with Gasteiger partial charge in [0.15, 0.2) is 5.96 Å². The summed E-state index contributed by atoms with van der Waals surface area (Å²) in [6, 6.07) is 0.646. The molecule has 1 aliphatic heterocycles. The van der Waals surface area contributed by atoms with E-state index in [2.05, 4.69) is 49.9 Å². The van der Waals surface area contributed by atoms with Crippen molar-refractivity contribution in [2.45, 2.75) is 59.4 Å². The number of aliphatic hydroxyl groups is 1. The Labute approximate surface area is 149 Å². The molecule has 1 fully saturated rings. The van der Waals surface area contributed by atoms with Crippen LogP contribution >= 0.6 is 0 Å². The summed E-state index contributed by atoms with van der Waals surface area (Å²) in [5, 5.41) is 12.7. The van der Waals surface area contributed by atoms with Gasteiger partial charge in [0.05, 0.1) is 0 Å². The number of likely N-dealkylation sites (N-methyl/N-ethyl adjacent to an activating group) is 2. The zero-order valence-corrected chi connectivity index (χ0v) is 16.6. The van der Waals surface area contributed by atoms with Gasteiger partial charge in [-0.2, -0.15) is 0 Å². The van der Waals surface area contributed by atoms with Gasteiger partial charge in [-0.3, -0.25) is 9.89 Å². The average Bonchev–Trinajstić information content (AvgIpc) is 2.97. The van der Waals surface area contributed by atoms with Crippen LogP contribution in [0.4, 0.5) is 0 Å². The molecule has 2 N–H and O–H groups in total. The zero-order chi connectivity index (χ0) is 17.9.